The summed E-state index contributed by atoms with van der Waals surface area (Å²) in [6, 6.07) is 3.58. The van der Waals surface area contributed by atoms with Gasteiger partial charge in [0, 0.05) is 18.8 Å². The van der Waals surface area contributed by atoms with E-state index in [4.69, 9.17) is 5.73 Å². The number of nitrogens with zero attached hydrogens (tertiary/aromatic N) is 1. The highest BCUT2D eigenvalue weighted by Crippen LogP contribution is 2.44. The van der Waals surface area contributed by atoms with E-state index in [1.807, 2.05) is 6.07 Å². The van der Waals surface area contributed by atoms with E-state index in [1.165, 1.54) is 0 Å². The molecule has 1 aromatic carbocycles. The molecule has 2 N–H and O–H groups in total. The fourth-order valence-corrected chi connectivity index (χ4v) is 2.56. The fourth-order valence-electron chi connectivity index (χ4n) is 2.56. The summed E-state index contributed by atoms with van der Waals surface area (Å²) in [7, 11) is 0. The molecule has 1 saturated carbocycles. The molecule has 0 saturated heterocycles. The van der Waals surface area contributed by atoms with Gasteiger partial charge in [0.2, 0.25) is 0 Å². The maximum Gasteiger partial charge on any atom is 0.471 e. The Hall–Kier alpha value is -1.72. The number of carbonyl (C=O) groups excluding carboxylic acids is 1. The molecule has 1 amide bonds. The number of alkyl halides is 3. The van der Waals surface area contributed by atoms with Crippen molar-refractivity contribution < 1.29 is 18.0 Å². The van der Waals surface area contributed by atoms with Gasteiger partial charge in [0.1, 0.15) is 0 Å². The van der Waals surface area contributed by atoms with E-state index in [0.29, 0.717) is 11.6 Å². The van der Waals surface area contributed by atoms with Gasteiger partial charge in [-0.3, -0.25) is 4.79 Å². The van der Waals surface area contributed by atoms with Crippen LogP contribution in [0.4, 0.5) is 18.9 Å². The number of benzene rings is 1. The number of carbonyl (C=O) groups is 1. The Morgan fingerprint density at radius 1 is 1.21 bits per heavy atom. The smallest absolute Gasteiger partial charge is 0.398 e. The maximum absolute atomic E-state index is 12.4. The first-order valence-electron chi connectivity index (χ1n) is 6.13. The lowest BCUT2D eigenvalue weighted by Gasteiger charge is -2.16. The van der Waals surface area contributed by atoms with Gasteiger partial charge >= 0.3 is 12.1 Å². The van der Waals surface area contributed by atoms with Gasteiger partial charge in [0.25, 0.3) is 0 Å². The molecular weight excluding hydrogens is 257 g/mol. The number of nitrogen functional groups attached to an aromatic ring is 1. The van der Waals surface area contributed by atoms with E-state index in [1.54, 1.807) is 6.07 Å². The molecule has 0 spiro atoms. The summed E-state index contributed by atoms with van der Waals surface area (Å²) in [5.41, 5.74) is 9.07. The molecule has 0 aromatic heterocycles. The van der Waals surface area contributed by atoms with Crippen molar-refractivity contribution >= 4 is 11.6 Å². The monoisotopic (exact) mass is 270 g/mol. The van der Waals surface area contributed by atoms with Crippen LogP contribution in [0, 0.1) is 0 Å². The van der Waals surface area contributed by atoms with Crippen LogP contribution in [0.25, 0.3) is 0 Å². The van der Waals surface area contributed by atoms with Gasteiger partial charge in [0.05, 0.1) is 0 Å². The molecule has 0 bridgehead atoms. The quantitative estimate of drug-likeness (QED) is 0.797. The summed E-state index contributed by atoms with van der Waals surface area (Å²) in [4.78, 5) is 12.0. The largest absolute Gasteiger partial charge is 0.471 e. The van der Waals surface area contributed by atoms with E-state index in [9.17, 15) is 18.0 Å². The number of amides is 1. The Kier molecular flexibility index (Phi) is 2.52. The van der Waals surface area contributed by atoms with Crippen LogP contribution in [0.1, 0.15) is 35.4 Å². The number of nitrogens with two attached hydrogens (primary N) is 1. The molecule has 1 aliphatic carbocycles. The molecule has 102 valence electrons. The van der Waals surface area contributed by atoms with Crippen molar-refractivity contribution in [2.75, 3.05) is 5.73 Å². The number of hydrogen-bond acceptors (Lipinski definition) is 2. The number of rotatable bonds is 1. The molecular formula is C13H13F3N2O. The summed E-state index contributed by atoms with van der Waals surface area (Å²) in [6.45, 7) is 0.0104. The lowest BCUT2D eigenvalue weighted by Crippen LogP contribution is -2.37. The van der Waals surface area contributed by atoms with Crippen LogP contribution in [0.15, 0.2) is 12.1 Å². The first kappa shape index (κ1) is 12.3. The summed E-state index contributed by atoms with van der Waals surface area (Å²) in [6.07, 6.45) is -2.66. The van der Waals surface area contributed by atoms with Gasteiger partial charge in [-0.1, -0.05) is 6.07 Å². The standard InChI is InChI=1S/C13H13F3N2O/c14-13(15,16)12(19)18-5-8-3-10(7-1-2-7)11(17)4-9(8)6-18/h3-4,7H,1-2,5-6,17H2. The Bertz CT molecular complexity index is 550. The lowest BCUT2D eigenvalue weighted by molar-refractivity contribution is -0.186. The van der Waals surface area contributed by atoms with Crippen LogP contribution in [0.3, 0.4) is 0 Å². The van der Waals surface area contributed by atoms with Crippen LogP contribution in [-0.4, -0.2) is 17.0 Å². The van der Waals surface area contributed by atoms with E-state index in [2.05, 4.69) is 0 Å². The van der Waals surface area contributed by atoms with E-state index in [0.717, 1.165) is 34.4 Å². The maximum atomic E-state index is 12.4. The molecule has 1 fully saturated rings. The molecule has 3 nitrogen and oxygen atoms in total. The van der Waals surface area contributed by atoms with E-state index >= 15 is 0 Å². The minimum absolute atomic E-state index is 0.0111. The average molecular weight is 270 g/mol. The third kappa shape index (κ3) is 2.15. The van der Waals surface area contributed by atoms with Crippen molar-refractivity contribution in [2.45, 2.75) is 38.0 Å². The van der Waals surface area contributed by atoms with Crippen molar-refractivity contribution in [2.24, 2.45) is 0 Å². The van der Waals surface area contributed by atoms with E-state index in [-0.39, 0.29) is 13.1 Å². The van der Waals surface area contributed by atoms with Gasteiger partial charge in [-0.15, -0.1) is 0 Å². The first-order valence-corrected chi connectivity index (χ1v) is 6.13. The molecule has 0 radical (unpaired) electrons. The molecule has 1 aliphatic heterocycles. The number of anilines is 1. The predicted octanol–water partition coefficient (Wildman–Crippen LogP) is 2.55. The second-order valence-corrected chi connectivity index (χ2v) is 5.18. The highest BCUT2D eigenvalue weighted by molar-refractivity contribution is 5.82. The number of halogens is 3. The second kappa shape index (κ2) is 3.88. The summed E-state index contributed by atoms with van der Waals surface area (Å²) in [5.74, 6) is -1.34. The zero-order valence-corrected chi connectivity index (χ0v) is 10.1. The summed E-state index contributed by atoms with van der Waals surface area (Å²) >= 11 is 0. The van der Waals surface area contributed by atoms with E-state index < -0.39 is 12.1 Å². The highest BCUT2D eigenvalue weighted by Gasteiger charge is 2.44. The zero-order valence-electron chi connectivity index (χ0n) is 10.1. The molecule has 2 aliphatic rings. The Morgan fingerprint density at radius 3 is 2.32 bits per heavy atom. The van der Waals surface area contributed by atoms with Crippen molar-refractivity contribution in [3.8, 4) is 0 Å². The summed E-state index contributed by atoms with van der Waals surface area (Å²) in [5, 5.41) is 0. The van der Waals surface area contributed by atoms with Crippen molar-refractivity contribution in [3.05, 3.63) is 28.8 Å². The third-order valence-electron chi connectivity index (χ3n) is 3.67. The first-order chi connectivity index (χ1) is 8.86. The topological polar surface area (TPSA) is 46.3 Å². The van der Waals surface area contributed by atoms with Crippen LogP contribution < -0.4 is 5.73 Å². The van der Waals surface area contributed by atoms with Crippen LogP contribution >= 0.6 is 0 Å². The second-order valence-electron chi connectivity index (χ2n) is 5.18. The molecule has 6 heteroatoms. The Morgan fingerprint density at radius 2 is 1.79 bits per heavy atom. The van der Waals surface area contributed by atoms with Gasteiger partial charge in [-0.2, -0.15) is 13.2 Å². The van der Waals surface area contributed by atoms with Crippen LogP contribution in [-0.2, 0) is 17.9 Å². The Labute approximate surface area is 108 Å². The van der Waals surface area contributed by atoms with Gasteiger partial charge in [-0.25, -0.2) is 0 Å². The molecule has 3 rings (SSSR count). The van der Waals surface area contributed by atoms with Gasteiger partial charge < -0.3 is 10.6 Å². The molecule has 1 heterocycles. The van der Waals surface area contributed by atoms with Gasteiger partial charge in [0.15, 0.2) is 0 Å². The summed E-state index contributed by atoms with van der Waals surface area (Å²) < 4.78 is 37.2. The van der Waals surface area contributed by atoms with Gasteiger partial charge in [-0.05, 0) is 41.5 Å². The van der Waals surface area contributed by atoms with Crippen molar-refractivity contribution in [3.63, 3.8) is 0 Å². The highest BCUT2D eigenvalue weighted by atomic mass is 19.4. The molecule has 1 aromatic rings. The third-order valence-corrected chi connectivity index (χ3v) is 3.67. The number of fused-ring (bicyclic) bond motifs is 1. The SMILES string of the molecule is Nc1cc2c(cc1C1CC1)CN(C(=O)C(F)(F)F)C2. The average Bonchev–Trinajstić information content (AvgIpc) is 3.07. The molecule has 0 atom stereocenters. The molecule has 0 unspecified atom stereocenters. The minimum atomic E-state index is -4.81. The van der Waals surface area contributed by atoms with Crippen LogP contribution in [0.5, 0.6) is 0 Å². The fraction of sp³-hybridized carbons (Fsp3) is 0.462. The zero-order chi connectivity index (χ0) is 13.8. The lowest BCUT2D eigenvalue weighted by atomic mass is 10.0. The van der Waals surface area contributed by atoms with Crippen molar-refractivity contribution in [1.29, 1.82) is 0 Å². The predicted molar refractivity (Wildman–Crippen MR) is 63.1 cm³/mol. The van der Waals surface area contributed by atoms with Crippen molar-refractivity contribution in [1.82, 2.24) is 4.90 Å². The normalized spacial score (nSPS) is 18.6. The minimum Gasteiger partial charge on any atom is -0.398 e. The molecule has 19 heavy (non-hydrogen) atoms. The number of hydrogen-bond donors (Lipinski definition) is 1. The Balaban J connectivity index is 1.86. The van der Waals surface area contributed by atoms with Crippen LogP contribution in [0.2, 0.25) is 0 Å².